The molecule has 0 aliphatic carbocycles. The average molecular weight is 493 g/mol. The quantitative estimate of drug-likeness (QED) is 0.574. The fourth-order valence-electron chi connectivity index (χ4n) is 3.95. The van der Waals surface area contributed by atoms with E-state index in [2.05, 4.69) is 5.32 Å². The lowest BCUT2D eigenvalue weighted by Crippen LogP contribution is -3.19. The summed E-state index contributed by atoms with van der Waals surface area (Å²) >= 11 is 12.2. The first-order valence-electron chi connectivity index (χ1n) is 10.4. The monoisotopic (exact) mass is 492 g/mol. The van der Waals surface area contributed by atoms with Crippen molar-refractivity contribution in [2.24, 2.45) is 0 Å². The highest BCUT2D eigenvalue weighted by atomic mass is 35.5. The van der Waals surface area contributed by atoms with Crippen molar-refractivity contribution in [2.75, 3.05) is 31.5 Å². The first-order valence-corrected chi connectivity index (χ1v) is 12.6. The van der Waals surface area contributed by atoms with E-state index in [1.165, 1.54) is 4.31 Å². The summed E-state index contributed by atoms with van der Waals surface area (Å²) in [7, 11) is -3.59. The van der Waals surface area contributed by atoms with Crippen LogP contribution >= 0.6 is 23.2 Å². The molecule has 0 aromatic heterocycles. The largest absolute Gasteiger partial charge is 0.323 e. The van der Waals surface area contributed by atoms with Gasteiger partial charge in [0.25, 0.3) is 5.91 Å². The van der Waals surface area contributed by atoms with Crippen LogP contribution in [0.25, 0.3) is 10.8 Å². The van der Waals surface area contributed by atoms with Crippen LogP contribution in [0.4, 0.5) is 5.69 Å². The highest BCUT2D eigenvalue weighted by Crippen LogP contribution is 2.29. The molecule has 0 saturated carbocycles. The number of rotatable bonds is 5. The average Bonchev–Trinajstić information content (AvgIpc) is 2.81. The topological polar surface area (TPSA) is 70.9 Å². The molecule has 1 aliphatic heterocycles. The zero-order chi connectivity index (χ0) is 22.9. The van der Waals surface area contributed by atoms with E-state index in [0.717, 1.165) is 15.7 Å². The van der Waals surface area contributed by atoms with Gasteiger partial charge >= 0.3 is 0 Å². The van der Waals surface area contributed by atoms with Crippen molar-refractivity contribution in [3.05, 3.63) is 70.7 Å². The number of halogens is 2. The Hall–Kier alpha value is -2.16. The van der Waals surface area contributed by atoms with E-state index in [0.29, 0.717) is 46.8 Å². The van der Waals surface area contributed by atoms with Crippen molar-refractivity contribution in [3.8, 4) is 0 Å². The highest BCUT2D eigenvalue weighted by molar-refractivity contribution is 7.89. The fraction of sp³-hybridized carbons (Fsp3) is 0.261. The van der Waals surface area contributed by atoms with Gasteiger partial charge in [0.05, 0.1) is 46.8 Å². The lowest BCUT2D eigenvalue weighted by Gasteiger charge is -2.34. The number of carbonyl (C=O) groups excluding carboxylic acids is 1. The minimum Gasteiger partial charge on any atom is -0.323 e. The van der Waals surface area contributed by atoms with Crippen molar-refractivity contribution in [2.45, 2.75) is 17.9 Å². The van der Waals surface area contributed by atoms with E-state index in [-0.39, 0.29) is 11.9 Å². The van der Waals surface area contributed by atoms with Crippen LogP contribution in [0.1, 0.15) is 6.92 Å². The molecule has 0 unspecified atom stereocenters. The van der Waals surface area contributed by atoms with Crippen LogP contribution < -0.4 is 10.2 Å². The second-order valence-corrected chi connectivity index (χ2v) is 10.6. The Morgan fingerprint density at radius 2 is 1.69 bits per heavy atom. The minimum atomic E-state index is -3.59. The van der Waals surface area contributed by atoms with Gasteiger partial charge in [-0.1, -0.05) is 59.6 Å². The molecule has 3 aromatic rings. The number of amides is 1. The molecule has 1 aliphatic rings. The van der Waals surface area contributed by atoms with Crippen LogP contribution in [-0.2, 0) is 14.8 Å². The molecule has 0 spiro atoms. The maximum absolute atomic E-state index is 13.2. The third kappa shape index (κ3) is 4.63. The van der Waals surface area contributed by atoms with Crippen LogP contribution in [0.3, 0.4) is 0 Å². The molecule has 2 N–H and O–H groups in total. The SMILES string of the molecule is C[C@@H](C(=O)Nc1cccc(Cl)c1Cl)[NH+]1CCN(S(=O)(=O)c2ccc3ccccc3c2)CC1. The Morgan fingerprint density at radius 3 is 2.41 bits per heavy atom. The van der Waals surface area contributed by atoms with Crippen LogP contribution in [-0.4, -0.2) is 50.9 Å². The van der Waals surface area contributed by atoms with Crippen LogP contribution in [0.15, 0.2) is 65.6 Å². The van der Waals surface area contributed by atoms with Crippen LogP contribution in [0.2, 0.25) is 10.0 Å². The normalized spacial score (nSPS) is 16.7. The number of quaternary nitrogens is 1. The van der Waals surface area contributed by atoms with Crippen LogP contribution in [0.5, 0.6) is 0 Å². The van der Waals surface area contributed by atoms with Crippen molar-refractivity contribution in [3.63, 3.8) is 0 Å². The number of nitrogens with one attached hydrogen (secondary N) is 2. The number of fused-ring (bicyclic) bond motifs is 1. The summed E-state index contributed by atoms with van der Waals surface area (Å²) in [6.45, 7) is 3.59. The molecule has 1 saturated heterocycles. The summed E-state index contributed by atoms with van der Waals surface area (Å²) in [6, 6.07) is 17.6. The van der Waals surface area contributed by atoms with E-state index in [9.17, 15) is 13.2 Å². The lowest BCUT2D eigenvalue weighted by atomic mass is 10.1. The Labute approximate surface area is 197 Å². The van der Waals surface area contributed by atoms with Crippen molar-refractivity contribution >= 4 is 55.6 Å². The lowest BCUT2D eigenvalue weighted by molar-refractivity contribution is -0.917. The maximum Gasteiger partial charge on any atom is 0.282 e. The molecule has 0 radical (unpaired) electrons. The summed E-state index contributed by atoms with van der Waals surface area (Å²) < 4.78 is 27.8. The number of nitrogens with zero attached hydrogens (tertiary/aromatic N) is 1. The predicted octanol–water partition coefficient (Wildman–Crippen LogP) is 3.06. The third-order valence-electron chi connectivity index (χ3n) is 5.94. The van der Waals surface area contributed by atoms with Gasteiger partial charge in [-0.3, -0.25) is 4.79 Å². The van der Waals surface area contributed by atoms with Gasteiger partial charge < -0.3 is 10.2 Å². The maximum atomic E-state index is 13.2. The van der Waals surface area contributed by atoms with Gasteiger partial charge in [-0.25, -0.2) is 8.42 Å². The zero-order valence-corrected chi connectivity index (χ0v) is 19.8. The first-order chi connectivity index (χ1) is 15.3. The number of sulfonamides is 1. The summed E-state index contributed by atoms with van der Waals surface area (Å²) in [5, 5.41) is 5.39. The number of hydrogen-bond acceptors (Lipinski definition) is 3. The summed E-state index contributed by atoms with van der Waals surface area (Å²) in [5.74, 6) is -0.185. The summed E-state index contributed by atoms with van der Waals surface area (Å²) in [4.78, 5) is 14.0. The highest BCUT2D eigenvalue weighted by Gasteiger charge is 2.34. The molecule has 3 aromatic carbocycles. The number of anilines is 1. The summed E-state index contributed by atoms with van der Waals surface area (Å²) in [6.07, 6.45) is 0. The molecule has 0 bridgehead atoms. The molecular weight excluding hydrogens is 469 g/mol. The van der Waals surface area contributed by atoms with E-state index >= 15 is 0 Å². The molecular formula is C23H24Cl2N3O3S+. The van der Waals surface area contributed by atoms with Gasteiger partial charge in [0, 0.05) is 0 Å². The van der Waals surface area contributed by atoms with E-state index in [4.69, 9.17) is 23.2 Å². The minimum absolute atomic E-state index is 0.185. The van der Waals surface area contributed by atoms with Gasteiger partial charge in [0.2, 0.25) is 10.0 Å². The van der Waals surface area contributed by atoms with E-state index in [1.54, 1.807) is 30.3 Å². The first kappa shape index (κ1) is 23.0. The van der Waals surface area contributed by atoms with Crippen molar-refractivity contribution in [1.29, 1.82) is 0 Å². The number of benzene rings is 3. The van der Waals surface area contributed by atoms with Crippen LogP contribution in [0, 0.1) is 0 Å². The second kappa shape index (κ2) is 9.37. The van der Waals surface area contributed by atoms with Gasteiger partial charge in [0.15, 0.2) is 6.04 Å². The standard InChI is InChI=1S/C23H23Cl2N3O3S/c1-16(23(29)26-21-8-4-7-20(24)22(21)25)27-11-13-28(14-12-27)32(30,31)19-10-9-17-5-2-3-6-18(17)15-19/h2-10,15-16H,11-14H2,1H3,(H,26,29)/p+1/t16-/m0/s1. The third-order valence-corrected chi connectivity index (χ3v) is 8.65. The van der Waals surface area contributed by atoms with Gasteiger partial charge in [-0.05, 0) is 42.0 Å². The molecule has 6 nitrogen and oxygen atoms in total. The molecule has 1 fully saturated rings. The van der Waals surface area contributed by atoms with E-state index in [1.807, 2.05) is 37.3 Å². The fourth-order valence-corrected chi connectivity index (χ4v) is 5.78. The molecule has 4 rings (SSSR count). The Bertz CT molecular complexity index is 1260. The predicted molar refractivity (Wildman–Crippen MR) is 128 cm³/mol. The van der Waals surface area contributed by atoms with Crippen molar-refractivity contribution < 1.29 is 18.1 Å². The zero-order valence-electron chi connectivity index (χ0n) is 17.5. The Morgan fingerprint density at radius 1 is 1.00 bits per heavy atom. The number of carbonyl (C=O) groups is 1. The van der Waals surface area contributed by atoms with Gasteiger partial charge in [-0.15, -0.1) is 0 Å². The van der Waals surface area contributed by atoms with Gasteiger partial charge in [0.1, 0.15) is 0 Å². The molecule has 168 valence electrons. The Kier molecular flexibility index (Phi) is 6.74. The second-order valence-electron chi connectivity index (χ2n) is 7.88. The van der Waals surface area contributed by atoms with Gasteiger partial charge in [-0.2, -0.15) is 4.31 Å². The molecule has 32 heavy (non-hydrogen) atoms. The molecule has 9 heteroatoms. The molecule has 1 amide bonds. The Balaban J connectivity index is 1.41. The van der Waals surface area contributed by atoms with E-state index < -0.39 is 10.0 Å². The van der Waals surface area contributed by atoms with Crippen molar-refractivity contribution in [1.82, 2.24) is 4.31 Å². The number of piperazine rings is 1. The number of hydrogen-bond donors (Lipinski definition) is 2. The molecule has 1 atom stereocenters. The smallest absolute Gasteiger partial charge is 0.282 e. The summed E-state index contributed by atoms with van der Waals surface area (Å²) in [5.41, 5.74) is 0.466. The molecule has 1 heterocycles.